The Kier molecular flexibility index (Phi) is 8.51. The number of carbonyl (C=O) groups excluding carboxylic acids is 1. The molecule has 0 saturated carbocycles. The molecule has 0 radical (unpaired) electrons. The van der Waals surface area contributed by atoms with Crippen LogP contribution in [0.3, 0.4) is 0 Å². The SMILES string of the molecule is CN(C)C(=O)Oc1ccc(C[C@H](Nc2nc(NCc3ccc4c(c3)OCO4)nc(NCc3ccco3)n2)C(=O)O)cc1. The number of aromatic nitrogens is 3. The molecule has 0 fully saturated rings. The zero-order valence-corrected chi connectivity index (χ0v) is 22.9. The first-order valence-corrected chi connectivity index (χ1v) is 12.9. The molecule has 3 heterocycles. The molecule has 14 nitrogen and oxygen atoms in total. The van der Waals surface area contributed by atoms with E-state index < -0.39 is 18.1 Å². The summed E-state index contributed by atoms with van der Waals surface area (Å²) in [5.41, 5.74) is 1.60. The maximum Gasteiger partial charge on any atom is 0.414 e. The zero-order chi connectivity index (χ0) is 29.5. The van der Waals surface area contributed by atoms with Crippen molar-refractivity contribution in [3.8, 4) is 17.2 Å². The third-order valence-corrected chi connectivity index (χ3v) is 6.06. The highest BCUT2D eigenvalue weighted by Crippen LogP contribution is 2.32. The Morgan fingerprint density at radius 1 is 0.929 bits per heavy atom. The molecule has 1 aliphatic rings. The minimum Gasteiger partial charge on any atom is -0.480 e. The molecule has 14 heteroatoms. The average molecular weight is 576 g/mol. The highest BCUT2D eigenvalue weighted by Gasteiger charge is 2.21. The number of rotatable bonds is 12. The van der Waals surface area contributed by atoms with Crippen LogP contribution in [0.1, 0.15) is 16.9 Å². The predicted molar refractivity (Wildman–Crippen MR) is 151 cm³/mol. The number of carboxylic acids is 1. The summed E-state index contributed by atoms with van der Waals surface area (Å²) < 4.78 is 21.4. The van der Waals surface area contributed by atoms with Gasteiger partial charge in [0.2, 0.25) is 24.6 Å². The maximum absolute atomic E-state index is 12.2. The number of hydrogen-bond donors (Lipinski definition) is 4. The van der Waals surface area contributed by atoms with Crippen LogP contribution >= 0.6 is 0 Å². The third-order valence-electron chi connectivity index (χ3n) is 6.06. The minimum atomic E-state index is -1.10. The highest BCUT2D eigenvalue weighted by molar-refractivity contribution is 5.77. The van der Waals surface area contributed by atoms with Gasteiger partial charge in [0.1, 0.15) is 17.6 Å². The van der Waals surface area contributed by atoms with Crippen LogP contribution in [0.5, 0.6) is 17.2 Å². The lowest BCUT2D eigenvalue weighted by Gasteiger charge is -2.16. The Hall–Kier alpha value is -5.53. The van der Waals surface area contributed by atoms with E-state index in [1.165, 1.54) is 4.90 Å². The Morgan fingerprint density at radius 2 is 1.62 bits per heavy atom. The van der Waals surface area contributed by atoms with Crippen LogP contribution in [-0.4, -0.2) is 64.0 Å². The van der Waals surface area contributed by atoms with E-state index in [2.05, 4.69) is 30.9 Å². The molecular formula is C28H29N7O7. The number of hydrogen-bond acceptors (Lipinski definition) is 12. The van der Waals surface area contributed by atoms with Gasteiger partial charge in [-0.15, -0.1) is 0 Å². The van der Waals surface area contributed by atoms with Gasteiger partial charge in [0, 0.05) is 27.1 Å². The molecule has 0 aliphatic carbocycles. The van der Waals surface area contributed by atoms with E-state index in [0.717, 1.165) is 5.56 Å². The second kappa shape index (κ2) is 12.8. The standard InChI is InChI=1S/C28H29N7O7/c1-35(2)28(38)42-19-8-5-17(6-9-19)12-21(24(36)37)31-27-33-25(32-26(34-27)30-15-20-4-3-11-39-20)29-14-18-7-10-22-23(13-18)41-16-40-22/h3-11,13,21H,12,14-16H2,1-2H3,(H,36,37)(H3,29,30,31,32,33,34)/t21-/m0/s1. The van der Waals surface area contributed by atoms with Crippen molar-refractivity contribution in [2.75, 3.05) is 36.8 Å². The van der Waals surface area contributed by atoms with Crippen molar-refractivity contribution < 1.29 is 33.3 Å². The fourth-order valence-corrected chi connectivity index (χ4v) is 3.89. The van der Waals surface area contributed by atoms with Gasteiger partial charge in [0.25, 0.3) is 0 Å². The van der Waals surface area contributed by atoms with Crippen LogP contribution in [0.4, 0.5) is 22.6 Å². The van der Waals surface area contributed by atoms with E-state index in [9.17, 15) is 14.7 Å². The van der Waals surface area contributed by atoms with Gasteiger partial charge in [-0.25, -0.2) is 9.59 Å². The molecule has 0 saturated heterocycles. The van der Waals surface area contributed by atoms with Gasteiger partial charge in [0.15, 0.2) is 11.5 Å². The summed E-state index contributed by atoms with van der Waals surface area (Å²) in [7, 11) is 3.16. The second-order valence-electron chi connectivity index (χ2n) is 9.43. The number of carbonyl (C=O) groups is 2. The largest absolute Gasteiger partial charge is 0.480 e. The van der Waals surface area contributed by atoms with Gasteiger partial charge in [-0.2, -0.15) is 15.0 Å². The number of benzene rings is 2. The van der Waals surface area contributed by atoms with Crippen LogP contribution < -0.4 is 30.2 Å². The average Bonchev–Trinajstić information content (AvgIpc) is 3.67. The molecular weight excluding hydrogens is 546 g/mol. The lowest BCUT2D eigenvalue weighted by Crippen LogP contribution is -2.32. The molecule has 4 N–H and O–H groups in total. The van der Waals surface area contributed by atoms with Crippen molar-refractivity contribution in [3.05, 3.63) is 77.7 Å². The van der Waals surface area contributed by atoms with Gasteiger partial charge in [-0.1, -0.05) is 18.2 Å². The quantitative estimate of drug-likeness (QED) is 0.193. The van der Waals surface area contributed by atoms with E-state index in [-0.39, 0.29) is 31.1 Å². The van der Waals surface area contributed by atoms with E-state index in [1.807, 2.05) is 18.2 Å². The first-order chi connectivity index (χ1) is 20.3. The van der Waals surface area contributed by atoms with E-state index in [1.54, 1.807) is 56.8 Å². The number of amides is 1. The lowest BCUT2D eigenvalue weighted by atomic mass is 10.1. The fraction of sp³-hybridized carbons (Fsp3) is 0.250. The summed E-state index contributed by atoms with van der Waals surface area (Å²) in [6.45, 7) is 0.855. The summed E-state index contributed by atoms with van der Waals surface area (Å²) in [6, 6.07) is 14.7. The molecule has 218 valence electrons. The molecule has 2 aromatic carbocycles. The van der Waals surface area contributed by atoms with Crippen LogP contribution in [0.25, 0.3) is 0 Å². The number of carboxylic acid groups (broad SMARTS) is 1. The van der Waals surface area contributed by atoms with Crippen LogP contribution in [0.2, 0.25) is 0 Å². The lowest BCUT2D eigenvalue weighted by molar-refractivity contribution is -0.137. The van der Waals surface area contributed by atoms with Crippen molar-refractivity contribution in [2.24, 2.45) is 0 Å². The Bertz CT molecular complexity index is 1530. The zero-order valence-electron chi connectivity index (χ0n) is 22.9. The number of aliphatic carboxylic acids is 1. The van der Waals surface area contributed by atoms with Crippen molar-refractivity contribution in [1.29, 1.82) is 0 Å². The van der Waals surface area contributed by atoms with Crippen molar-refractivity contribution in [1.82, 2.24) is 19.9 Å². The highest BCUT2D eigenvalue weighted by atomic mass is 16.7. The summed E-state index contributed by atoms with van der Waals surface area (Å²) in [4.78, 5) is 38.5. The van der Waals surface area contributed by atoms with Gasteiger partial charge < -0.3 is 44.6 Å². The molecule has 1 aliphatic heterocycles. The maximum atomic E-state index is 12.2. The minimum absolute atomic E-state index is 0.0593. The van der Waals surface area contributed by atoms with Crippen LogP contribution in [0.15, 0.2) is 65.3 Å². The monoisotopic (exact) mass is 575 g/mol. The Labute approximate surface area is 240 Å². The number of ether oxygens (including phenoxy) is 3. The molecule has 0 spiro atoms. The molecule has 2 aromatic heterocycles. The van der Waals surface area contributed by atoms with Crippen LogP contribution in [-0.2, 0) is 24.3 Å². The molecule has 1 atom stereocenters. The number of nitrogens with zero attached hydrogens (tertiary/aromatic N) is 4. The summed E-state index contributed by atoms with van der Waals surface area (Å²) in [5.74, 6) is 1.75. The first kappa shape index (κ1) is 28.0. The van der Waals surface area contributed by atoms with Gasteiger partial charge in [-0.05, 0) is 47.5 Å². The molecule has 1 amide bonds. The molecule has 0 unspecified atom stereocenters. The summed E-state index contributed by atoms with van der Waals surface area (Å²) in [5, 5.41) is 19.1. The number of furan rings is 1. The topological polar surface area (TPSA) is 173 Å². The van der Waals surface area contributed by atoms with Crippen molar-refractivity contribution in [3.63, 3.8) is 0 Å². The normalized spacial score (nSPS) is 12.3. The van der Waals surface area contributed by atoms with Crippen molar-refractivity contribution in [2.45, 2.75) is 25.6 Å². The number of anilines is 3. The Balaban J connectivity index is 1.30. The van der Waals surface area contributed by atoms with Gasteiger partial charge >= 0.3 is 12.1 Å². The van der Waals surface area contributed by atoms with E-state index >= 15 is 0 Å². The predicted octanol–water partition coefficient (Wildman–Crippen LogP) is 3.59. The summed E-state index contributed by atoms with van der Waals surface area (Å²) >= 11 is 0. The summed E-state index contributed by atoms with van der Waals surface area (Å²) in [6.07, 6.45) is 1.16. The van der Waals surface area contributed by atoms with E-state index in [0.29, 0.717) is 41.7 Å². The Morgan fingerprint density at radius 3 is 2.31 bits per heavy atom. The molecule has 5 rings (SSSR count). The third kappa shape index (κ3) is 7.35. The van der Waals surface area contributed by atoms with Gasteiger partial charge in [0.05, 0.1) is 12.8 Å². The number of nitrogens with one attached hydrogen (secondary N) is 3. The molecule has 42 heavy (non-hydrogen) atoms. The first-order valence-electron chi connectivity index (χ1n) is 12.9. The van der Waals surface area contributed by atoms with Crippen molar-refractivity contribution >= 4 is 29.9 Å². The van der Waals surface area contributed by atoms with Crippen LogP contribution in [0, 0.1) is 0 Å². The van der Waals surface area contributed by atoms with Gasteiger partial charge in [-0.3, -0.25) is 0 Å². The smallest absolute Gasteiger partial charge is 0.414 e. The van der Waals surface area contributed by atoms with E-state index in [4.69, 9.17) is 18.6 Å². The second-order valence-corrected chi connectivity index (χ2v) is 9.43. The molecule has 4 aromatic rings. The molecule has 0 bridgehead atoms. The number of fused-ring (bicyclic) bond motifs is 1. The fourth-order valence-electron chi connectivity index (χ4n) is 3.89.